The highest BCUT2D eigenvalue weighted by atomic mass is 35.5. The zero-order chi connectivity index (χ0) is 21.0. The van der Waals surface area contributed by atoms with Crippen molar-refractivity contribution in [2.24, 2.45) is 16.7 Å². The van der Waals surface area contributed by atoms with Crippen molar-refractivity contribution in [2.75, 3.05) is 0 Å². The predicted octanol–water partition coefficient (Wildman–Crippen LogP) is 7.41. The van der Waals surface area contributed by atoms with E-state index in [9.17, 15) is 0 Å². The smallest absolute Gasteiger partial charge is 0.124 e. The Morgan fingerprint density at radius 3 is 2.37 bits per heavy atom. The Balaban J connectivity index is 1.29. The Bertz CT molecular complexity index is 940. The molecule has 4 fully saturated rings. The van der Waals surface area contributed by atoms with Crippen LogP contribution >= 0.6 is 23.2 Å². The van der Waals surface area contributed by atoms with E-state index < -0.39 is 0 Å². The highest BCUT2D eigenvalue weighted by molar-refractivity contribution is 6.35. The van der Waals surface area contributed by atoms with Gasteiger partial charge in [0.25, 0.3) is 0 Å². The van der Waals surface area contributed by atoms with E-state index in [4.69, 9.17) is 27.9 Å². The van der Waals surface area contributed by atoms with Crippen molar-refractivity contribution in [1.29, 1.82) is 0 Å². The van der Waals surface area contributed by atoms with Crippen LogP contribution in [0.15, 0.2) is 42.5 Å². The minimum absolute atomic E-state index is 0.287. The van der Waals surface area contributed by atoms with Gasteiger partial charge >= 0.3 is 0 Å². The first-order valence-electron chi connectivity index (χ1n) is 11.2. The SMILES string of the molecule is C[C@]12CC3CC(NCc4ccccc4OCc4ccc(Cl)cc4Cl)(C1)C[C@@](C)(C3)C2. The van der Waals surface area contributed by atoms with Crippen LogP contribution in [-0.2, 0) is 13.2 Å². The minimum Gasteiger partial charge on any atom is -0.489 e. The average Bonchev–Trinajstić information content (AvgIpc) is 2.63. The number of hydrogen-bond acceptors (Lipinski definition) is 2. The van der Waals surface area contributed by atoms with Crippen LogP contribution in [0.4, 0.5) is 0 Å². The molecule has 0 spiro atoms. The fourth-order valence-electron chi connectivity index (χ4n) is 7.51. The van der Waals surface area contributed by atoms with Gasteiger partial charge in [0, 0.05) is 33.3 Å². The van der Waals surface area contributed by atoms with E-state index in [-0.39, 0.29) is 5.54 Å². The molecule has 4 heteroatoms. The molecule has 1 N–H and O–H groups in total. The molecule has 160 valence electrons. The van der Waals surface area contributed by atoms with Crippen LogP contribution in [0.5, 0.6) is 5.75 Å². The number of rotatable bonds is 6. The second kappa shape index (κ2) is 7.43. The van der Waals surface area contributed by atoms with Crippen molar-refractivity contribution in [3.8, 4) is 5.75 Å². The summed E-state index contributed by atoms with van der Waals surface area (Å²) in [6.07, 6.45) is 8.22. The van der Waals surface area contributed by atoms with Crippen molar-refractivity contribution < 1.29 is 4.74 Å². The number of hydrogen-bond donors (Lipinski definition) is 1. The van der Waals surface area contributed by atoms with Crippen LogP contribution in [0.1, 0.15) is 63.5 Å². The molecule has 2 nitrogen and oxygen atoms in total. The van der Waals surface area contributed by atoms with Gasteiger partial charge in [-0.25, -0.2) is 0 Å². The summed E-state index contributed by atoms with van der Waals surface area (Å²) < 4.78 is 6.19. The van der Waals surface area contributed by atoms with Gasteiger partial charge in [0.15, 0.2) is 0 Å². The van der Waals surface area contributed by atoms with Gasteiger partial charge in [0.05, 0.1) is 0 Å². The largest absolute Gasteiger partial charge is 0.489 e. The van der Waals surface area contributed by atoms with E-state index in [1.54, 1.807) is 6.07 Å². The predicted molar refractivity (Wildman–Crippen MR) is 124 cm³/mol. The van der Waals surface area contributed by atoms with Crippen LogP contribution in [0, 0.1) is 16.7 Å². The molecule has 4 bridgehead atoms. The summed E-state index contributed by atoms with van der Waals surface area (Å²) in [7, 11) is 0. The Labute approximate surface area is 190 Å². The summed E-state index contributed by atoms with van der Waals surface area (Å²) in [5, 5.41) is 5.32. The van der Waals surface area contributed by atoms with E-state index in [2.05, 4.69) is 37.4 Å². The Morgan fingerprint density at radius 1 is 0.933 bits per heavy atom. The van der Waals surface area contributed by atoms with Crippen molar-refractivity contribution >= 4 is 23.2 Å². The monoisotopic (exact) mass is 443 g/mol. The van der Waals surface area contributed by atoms with E-state index in [0.717, 1.165) is 23.8 Å². The Hall–Kier alpha value is -1.22. The second-order valence-electron chi connectivity index (χ2n) is 10.9. The third kappa shape index (κ3) is 3.99. The third-order valence-corrected chi connectivity index (χ3v) is 8.24. The summed E-state index contributed by atoms with van der Waals surface area (Å²) in [5.74, 6) is 1.82. The summed E-state index contributed by atoms with van der Waals surface area (Å²) in [5.41, 5.74) is 3.49. The average molecular weight is 444 g/mol. The van der Waals surface area contributed by atoms with Gasteiger partial charge in [-0.1, -0.05) is 61.3 Å². The molecule has 30 heavy (non-hydrogen) atoms. The quantitative estimate of drug-likeness (QED) is 0.501. The molecule has 0 aromatic heterocycles. The molecule has 0 heterocycles. The topological polar surface area (TPSA) is 21.3 Å². The molecule has 0 radical (unpaired) electrons. The molecule has 0 amide bonds. The summed E-state index contributed by atoms with van der Waals surface area (Å²) >= 11 is 12.3. The molecule has 4 atom stereocenters. The van der Waals surface area contributed by atoms with Crippen molar-refractivity contribution in [1.82, 2.24) is 5.32 Å². The van der Waals surface area contributed by atoms with Gasteiger partial charge in [-0.15, -0.1) is 0 Å². The second-order valence-corrected chi connectivity index (χ2v) is 11.7. The van der Waals surface area contributed by atoms with E-state index in [0.29, 0.717) is 27.5 Å². The molecule has 2 aromatic rings. The molecule has 6 rings (SSSR count). The van der Waals surface area contributed by atoms with Gasteiger partial charge in [0.1, 0.15) is 12.4 Å². The number of ether oxygens (including phenoxy) is 1. The fraction of sp³-hybridized carbons (Fsp3) is 0.538. The molecule has 0 aliphatic heterocycles. The molecule has 2 aromatic carbocycles. The van der Waals surface area contributed by atoms with Gasteiger partial charge in [-0.3, -0.25) is 0 Å². The van der Waals surface area contributed by atoms with Gasteiger partial charge in [0.2, 0.25) is 0 Å². The first-order valence-corrected chi connectivity index (χ1v) is 11.9. The maximum atomic E-state index is 6.32. The Morgan fingerprint density at radius 2 is 1.67 bits per heavy atom. The van der Waals surface area contributed by atoms with Crippen LogP contribution < -0.4 is 10.1 Å². The minimum atomic E-state index is 0.287. The molecule has 4 aliphatic carbocycles. The maximum absolute atomic E-state index is 6.32. The van der Waals surface area contributed by atoms with Gasteiger partial charge in [-0.05, 0) is 73.5 Å². The normalized spacial score (nSPS) is 34.3. The highest BCUT2D eigenvalue weighted by Crippen LogP contribution is 2.66. The van der Waals surface area contributed by atoms with Crippen molar-refractivity contribution in [3.63, 3.8) is 0 Å². The summed E-state index contributed by atoms with van der Waals surface area (Å²) in [6, 6.07) is 13.9. The van der Waals surface area contributed by atoms with Crippen LogP contribution in [0.3, 0.4) is 0 Å². The molecule has 2 unspecified atom stereocenters. The number of para-hydroxylation sites is 1. The van der Waals surface area contributed by atoms with Gasteiger partial charge in [-0.2, -0.15) is 0 Å². The first-order chi connectivity index (χ1) is 14.3. The number of nitrogens with one attached hydrogen (secondary N) is 1. The van der Waals surface area contributed by atoms with E-state index in [1.807, 2.05) is 18.2 Å². The molecule has 4 saturated carbocycles. The van der Waals surface area contributed by atoms with E-state index in [1.165, 1.54) is 44.1 Å². The third-order valence-electron chi connectivity index (χ3n) is 7.65. The number of benzene rings is 2. The highest BCUT2D eigenvalue weighted by Gasteiger charge is 2.59. The van der Waals surface area contributed by atoms with E-state index >= 15 is 0 Å². The lowest BCUT2D eigenvalue weighted by atomic mass is 9.43. The number of halogens is 2. The standard InChI is InChI=1S/C26H31Cl2NO/c1-24-10-18-11-25(2,15-24)17-26(12-18,16-24)29-13-19-5-3-4-6-23(19)30-14-20-7-8-21(27)9-22(20)28/h3-9,18,29H,10-17H2,1-2H3/t18?,24-,25+,26?. The van der Waals surface area contributed by atoms with Gasteiger partial charge < -0.3 is 10.1 Å². The summed E-state index contributed by atoms with van der Waals surface area (Å²) in [6.45, 7) is 6.35. The van der Waals surface area contributed by atoms with Crippen LogP contribution in [0.25, 0.3) is 0 Å². The lowest BCUT2D eigenvalue weighted by Crippen LogP contribution is -2.63. The molecular formula is C26H31Cl2NO. The molecule has 4 aliphatic rings. The lowest BCUT2D eigenvalue weighted by Gasteiger charge is -2.65. The fourth-order valence-corrected chi connectivity index (χ4v) is 7.98. The van der Waals surface area contributed by atoms with Crippen molar-refractivity contribution in [3.05, 3.63) is 63.6 Å². The Kier molecular flexibility index (Phi) is 5.12. The van der Waals surface area contributed by atoms with Crippen LogP contribution in [0.2, 0.25) is 10.0 Å². The summed E-state index contributed by atoms with van der Waals surface area (Å²) in [4.78, 5) is 0. The lowest BCUT2D eigenvalue weighted by molar-refractivity contribution is -0.118. The zero-order valence-electron chi connectivity index (χ0n) is 17.9. The maximum Gasteiger partial charge on any atom is 0.124 e. The zero-order valence-corrected chi connectivity index (χ0v) is 19.5. The molecule has 0 saturated heterocycles. The van der Waals surface area contributed by atoms with Crippen molar-refractivity contribution in [2.45, 2.75) is 71.1 Å². The first kappa shape index (κ1) is 20.7. The van der Waals surface area contributed by atoms with Crippen LogP contribution in [-0.4, -0.2) is 5.54 Å². The molecular weight excluding hydrogens is 413 g/mol.